The molecule has 1 N–H and O–H groups in total. The van der Waals surface area contributed by atoms with Gasteiger partial charge in [-0.25, -0.2) is 4.39 Å². The standard InChI is InChI=1S/C18H20FNO/c1-13-6-4-5-7-14(13)12-17(21)20-18(2,3)15-8-10-16(19)11-9-15/h4-11H,12H2,1-3H3,(H,20,21). The van der Waals surface area contributed by atoms with Gasteiger partial charge in [-0.05, 0) is 49.6 Å². The zero-order valence-electron chi connectivity index (χ0n) is 12.6. The lowest BCUT2D eigenvalue weighted by atomic mass is 9.93. The van der Waals surface area contributed by atoms with E-state index < -0.39 is 5.54 Å². The number of benzene rings is 2. The summed E-state index contributed by atoms with van der Waals surface area (Å²) < 4.78 is 13.0. The zero-order chi connectivity index (χ0) is 15.5. The second kappa shape index (κ2) is 6.08. The Morgan fingerprint density at radius 2 is 1.71 bits per heavy atom. The summed E-state index contributed by atoms with van der Waals surface area (Å²) >= 11 is 0. The molecule has 2 aromatic rings. The van der Waals surface area contributed by atoms with Gasteiger partial charge in [0.15, 0.2) is 0 Å². The van der Waals surface area contributed by atoms with Crippen LogP contribution in [0.3, 0.4) is 0 Å². The number of hydrogen-bond acceptors (Lipinski definition) is 1. The monoisotopic (exact) mass is 285 g/mol. The Morgan fingerprint density at radius 3 is 2.33 bits per heavy atom. The van der Waals surface area contributed by atoms with Crippen molar-refractivity contribution >= 4 is 5.91 Å². The van der Waals surface area contributed by atoms with Crippen molar-refractivity contribution < 1.29 is 9.18 Å². The minimum Gasteiger partial charge on any atom is -0.347 e. The molecule has 0 unspecified atom stereocenters. The molecule has 2 rings (SSSR count). The van der Waals surface area contributed by atoms with E-state index in [-0.39, 0.29) is 11.7 Å². The molecule has 0 radical (unpaired) electrons. The summed E-state index contributed by atoms with van der Waals surface area (Å²) in [4.78, 5) is 12.2. The summed E-state index contributed by atoms with van der Waals surface area (Å²) in [6.07, 6.45) is 0.345. The molecule has 21 heavy (non-hydrogen) atoms. The van der Waals surface area contributed by atoms with E-state index in [1.807, 2.05) is 45.0 Å². The van der Waals surface area contributed by atoms with Crippen molar-refractivity contribution in [1.29, 1.82) is 0 Å². The molecule has 3 heteroatoms. The van der Waals surface area contributed by atoms with Crippen LogP contribution in [0.2, 0.25) is 0 Å². The lowest BCUT2D eigenvalue weighted by molar-refractivity contribution is -0.122. The quantitative estimate of drug-likeness (QED) is 0.911. The number of nitrogens with one attached hydrogen (secondary N) is 1. The van der Waals surface area contributed by atoms with Gasteiger partial charge in [0.25, 0.3) is 0 Å². The van der Waals surface area contributed by atoms with E-state index in [1.165, 1.54) is 12.1 Å². The largest absolute Gasteiger partial charge is 0.347 e. The first-order chi connectivity index (χ1) is 9.88. The van der Waals surface area contributed by atoms with Crippen LogP contribution in [-0.4, -0.2) is 5.91 Å². The van der Waals surface area contributed by atoms with Crippen molar-refractivity contribution in [2.75, 3.05) is 0 Å². The van der Waals surface area contributed by atoms with E-state index in [9.17, 15) is 9.18 Å². The number of carbonyl (C=O) groups excluding carboxylic acids is 1. The first-order valence-corrected chi connectivity index (χ1v) is 7.00. The lowest BCUT2D eigenvalue weighted by Crippen LogP contribution is -2.41. The molecule has 0 aliphatic heterocycles. The van der Waals surface area contributed by atoms with Gasteiger partial charge in [-0.1, -0.05) is 36.4 Å². The third kappa shape index (κ3) is 3.91. The Morgan fingerprint density at radius 1 is 1.10 bits per heavy atom. The first kappa shape index (κ1) is 15.2. The molecule has 0 saturated carbocycles. The van der Waals surface area contributed by atoms with Gasteiger partial charge in [-0.3, -0.25) is 4.79 Å². The van der Waals surface area contributed by atoms with Crippen LogP contribution < -0.4 is 5.32 Å². The van der Waals surface area contributed by atoms with Gasteiger partial charge in [-0.2, -0.15) is 0 Å². The van der Waals surface area contributed by atoms with Gasteiger partial charge >= 0.3 is 0 Å². The van der Waals surface area contributed by atoms with Gasteiger partial charge in [0.1, 0.15) is 5.82 Å². The molecule has 0 spiro atoms. The SMILES string of the molecule is Cc1ccccc1CC(=O)NC(C)(C)c1ccc(F)cc1. The molecule has 0 aromatic heterocycles. The average Bonchev–Trinajstić information content (AvgIpc) is 2.41. The number of halogens is 1. The van der Waals surface area contributed by atoms with Crippen LogP contribution in [0.15, 0.2) is 48.5 Å². The van der Waals surface area contributed by atoms with E-state index in [2.05, 4.69) is 5.32 Å². The fourth-order valence-electron chi connectivity index (χ4n) is 2.31. The summed E-state index contributed by atoms with van der Waals surface area (Å²) in [7, 11) is 0. The van der Waals surface area contributed by atoms with Crippen LogP contribution in [0, 0.1) is 12.7 Å². The Labute approximate surface area is 125 Å². The van der Waals surface area contributed by atoms with Gasteiger partial charge in [-0.15, -0.1) is 0 Å². The fourth-order valence-corrected chi connectivity index (χ4v) is 2.31. The molecule has 2 nitrogen and oxygen atoms in total. The summed E-state index contributed by atoms with van der Waals surface area (Å²) in [6.45, 7) is 5.82. The number of hydrogen-bond donors (Lipinski definition) is 1. The molecule has 2 aromatic carbocycles. The Balaban J connectivity index is 2.08. The second-order valence-electron chi connectivity index (χ2n) is 5.78. The van der Waals surface area contributed by atoms with Gasteiger partial charge < -0.3 is 5.32 Å². The molecule has 1 amide bonds. The van der Waals surface area contributed by atoms with Crippen LogP contribution in [0.25, 0.3) is 0 Å². The number of rotatable bonds is 4. The number of carbonyl (C=O) groups is 1. The zero-order valence-corrected chi connectivity index (χ0v) is 12.6. The summed E-state index contributed by atoms with van der Waals surface area (Å²) in [5, 5.41) is 3.01. The predicted molar refractivity (Wildman–Crippen MR) is 82.5 cm³/mol. The Bertz CT molecular complexity index is 632. The molecule has 0 saturated heterocycles. The fraction of sp³-hybridized carbons (Fsp3) is 0.278. The van der Waals surface area contributed by atoms with E-state index in [1.54, 1.807) is 12.1 Å². The van der Waals surface area contributed by atoms with Crippen molar-refractivity contribution in [3.8, 4) is 0 Å². The predicted octanol–water partition coefficient (Wildman–Crippen LogP) is 3.73. The summed E-state index contributed by atoms with van der Waals surface area (Å²) in [5.41, 5.74) is 2.46. The van der Waals surface area contributed by atoms with Crippen molar-refractivity contribution in [3.63, 3.8) is 0 Å². The summed E-state index contributed by atoms with van der Waals surface area (Å²) in [5.74, 6) is -0.320. The molecule has 110 valence electrons. The number of amides is 1. The average molecular weight is 285 g/mol. The van der Waals surface area contributed by atoms with E-state index in [0.717, 1.165) is 16.7 Å². The molecule has 0 heterocycles. The number of aryl methyl sites for hydroxylation is 1. The van der Waals surface area contributed by atoms with Crippen LogP contribution in [0.1, 0.15) is 30.5 Å². The van der Waals surface area contributed by atoms with Crippen LogP contribution in [-0.2, 0) is 16.8 Å². The highest BCUT2D eigenvalue weighted by Gasteiger charge is 2.22. The van der Waals surface area contributed by atoms with E-state index in [4.69, 9.17) is 0 Å². The molecule has 0 aliphatic carbocycles. The van der Waals surface area contributed by atoms with Gasteiger partial charge in [0, 0.05) is 0 Å². The van der Waals surface area contributed by atoms with E-state index >= 15 is 0 Å². The smallest absolute Gasteiger partial charge is 0.225 e. The maximum Gasteiger partial charge on any atom is 0.225 e. The van der Waals surface area contributed by atoms with Crippen molar-refractivity contribution in [3.05, 3.63) is 71.0 Å². The highest BCUT2D eigenvalue weighted by atomic mass is 19.1. The molecule has 0 bridgehead atoms. The molecule has 0 atom stereocenters. The minimum atomic E-state index is -0.534. The van der Waals surface area contributed by atoms with Gasteiger partial charge in [0.2, 0.25) is 5.91 Å². The topological polar surface area (TPSA) is 29.1 Å². The Kier molecular flexibility index (Phi) is 4.41. The van der Waals surface area contributed by atoms with Crippen LogP contribution in [0.4, 0.5) is 4.39 Å². The van der Waals surface area contributed by atoms with Crippen LogP contribution >= 0.6 is 0 Å². The minimum absolute atomic E-state index is 0.0429. The highest BCUT2D eigenvalue weighted by molar-refractivity contribution is 5.79. The van der Waals surface area contributed by atoms with Crippen molar-refractivity contribution in [2.45, 2.75) is 32.7 Å². The lowest BCUT2D eigenvalue weighted by Gasteiger charge is -2.27. The van der Waals surface area contributed by atoms with E-state index in [0.29, 0.717) is 6.42 Å². The first-order valence-electron chi connectivity index (χ1n) is 7.00. The maximum atomic E-state index is 13.0. The Hall–Kier alpha value is -2.16. The highest BCUT2D eigenvalue weighted by Crippen LogP contribution is 2.20. The third-order valence-electron chi connectivity index (χ3n) is 3.63. The van der Waals surface area contributed by atoms with Crippen molar-refractivity contribution in [2.24, 2.45) is 0 Å². The van der Waals surface area contributed by atoms with Crippen molar-refractivity contribution in [1.82, 2.24) is 5.32 Å². The molecular formula is C18H20FNO. The molecule has 0 fully saturated rings. The van der Waals surface area contributed by atoms with Gasteiger partial charge in [0.05, 0.1) is 12.0 Å². The molecular weight excluding hydrogens is 265 g/mol. The maximum absolute atomic E-state index is 13.0. The third-order valence-corrected chi connectivity index (χ3v) is 3.63. The van der Waals surface area contributed by atoms with Crippen LogP contribution in [0.5, 0.6) is 0 Å². The molecule has 0 aliphatic rings. The summed E-state index contributed by atoms with van der Waals surface area (Å²) in [6, 6.07) is 14.1. The second-order valence-corrected chi connectivity index (χ2v) is 5.78. The normalized spacial score (nSPS) is 11.2.